The Kier molecular flexibility index (Phi) is 2.82. The van der Waals surface area contributed by atoms with Crippen LogP contribution < -0.4 is 5.56 Å². The predicted octanol–water partition coefficient (Wildman–Crippen LogP) is 2.37. The number of hydrogen-bond donors (Lipinski definition) is 1. The summed E-state index contributed by atoms with van der Waals surface area (Å²) in [5, 5.41) is 11.0. The van der Waals surface area contributed by atoms with Gasteiger partial charge in [-0.05, 0) is 18.1 Å². The monoisotopic (exact) mass is 319 g/mol. The first kappa shape index (κ1) is 13.7. The van der Waals surface area contributed by atoms with Crippen molar-refractivity contribution in [1.82, 2.24) is 14.1 Å². The molecule has 0 bridgehead atoms. The SMILES string of the molecule is O=c1cccc2n1CC[C@H]([C@@H]1c3ccccc3-c3cncn31)[C@H]2O. The fraction of sp³-hybridized carbons (Fsp3) is 0.263. The third-order valence-corrected chi connectivity index (χ3v) is 5.40. The van der Waals surface area contributed by atoms with Gasteiger partial charge in [-0.1, -0.05) is 30.3 Å². The summed E-state index contributed by atoms with van der Waals surface area (Å²) in [5.74, 6) is 0.0170. The van der Waals surface area contributed by atoms with E-state index in [9.17, 15) is 9.90 Å². The normalized spacial score (nSPS) is 24.3. The van der Waals surface area contributed by atoms with Crippen molar-refractivity contribution in [2.45, 2.75) is 25.1 Å². The fourth-order valence-electron chi connectivity index (χ4n) is 4.33. The molecule has 3 aromatic rings. The van der Waals surface area contributed by atoms with Crippen LogP contribution in [0.1, 0.15) is 29.8 Å². The number of aliphatic hydroxyl groups is 1. The van der Waals surface area contributed by atoms with Crippen molar-refractivity contribution in [3.8, 4) is 11.3 Å². The largest absolute Gasteiger partial charge is 0.386 e. The molecule has 0 aliphatic carbocycles. The lowest BCUT2D eigenvalue weighted by Gasteiger charge is -2.35. The molecule has 0 saturated carbocycles. The highest BCUT2D eigenvalue weighted by molar-refractivity contribution is 5.69. The first-order valence-corrected chi connectivity index (χ1v) is 8.24. The first-order valence-electron chi connectivity index (χ1n) is 8.24. The van der Waals surface area contributed by atoms with E-state index in [1.807, 2.05) is 30.7 Å². The van der Waals surface area contributed by atoms with Crippen LogP contribution in [0.4, 0.5) is 0 Å². The Balaban J connectivity index is 1.64. The van der Waals surface area contributed by atoms with Gasteiger partial charge in [0.15, 0.2) is 0 Å². The number of benzene rings is 1. The van der Waals surface area contributed by atoms with E-state index >= 15 is 0 Å². The van der Waals surface area contributed by atoms with Crippen molar-refractivity contribution >= 4 is 0 Å². The number of nitrogens with zero attached hydrogens (tertiary/aromatic N) is 3. The standard InChI is InChI=1S/C19H17N3O2/c23-17-7-3-6-15-19(24)14(8-9-21(15)17)18-13-5-2-1-4-12(13)16-10-20-11-22(16)18/h1-7,10-11,14,18-19,24H,8-9H2/t14-,18+,19-/m1/s1. The molecule has 0 spiro atoms. The summed E-state index contributed by atoms with van der Waals surface area (Å²) in [7, 11) is 0. The van der Waals surface area contributed by atoms with Crippen LogP contribution in [0.3, 0.4) is 0 Å². The minimum absolute atomic E-state index is 0.0170. The lowest BCUT2D eigenvalue weighted by atomic mass is 9.82. The number of pyridine rings is 1. The van der Waals surface area contributed by atoms with E-state index in [2.05, 4.69) is 21.7 Å². The second-order valence-electron chi connectivity index (χ2n) is 6.56. The van der Waals surface area contributed by atoms with Crippen molar-refractivity contribution < 1.29 is 5.11 Å². The molecule has 1 aromatic carbocycles. The van der Waals surface area contributed by atoms with Crippen molar-refractivity contribution in [3.63, 3.8) is 0 Å². The molecule has 2 aliphatic heterocycles. The zero-order valence-corrected chi connectivity index (χ0v) is 13.0. The second-order valence-corrected chi connectivity index (χ2v) is 6.56. The Labute approximate surface area is 138 Å². The van der Waals surface area contributed by atoms with Gasteiger partial charge < -0.3 is 14.2 Å². The summed E-state index contributed by atoms with van der Waals surface area (Å²) in [6, 6.07) is 13.5. The highest BCUT2D eigenvalue weighted by Crippen LogP contribution is 2.48. The number of rotatable bonds is 1. The Morgan fingerprint density at radius 1 is 1.12 bits per heavy atom. The number of fused-ring (bicyclic) bond motifs is 4. The van der Waals surface area contributed by atoms with Gasteiger partial charge in [-0.15, -0.1) is 0 Å². The summed E-state index contributed by atoms with van der Waals surface area (Å²) in [5.41, 5.74) is 4.18. The van der Waals surface area contributed by atoms with Crippen LogP contribution in [0, 0.1) is 5.92 Å². The number of aliphatic hydroxyl groups excluding tert-OH is 1. The van der Waals surface area contributed by atoms with Crippen LogP contribution in [0.25, 0.3) is 11.3 Å². The van der Waals surface area contributed by atoms with E-state index in [1.54, 1.807) is 16.7 Å². The van der Waals surface area contributed by atoms with E-state index in [1.165, 1.54) is 11.1 Å². The van der Waals surface area contributed by atoms with Crippen LogP contribution in [0.2, 0.25) is 0 Å². The van der Waals surface area contributed by atoms with Gasteiger partial charge in [0.1, 0.15) is 0 Å². The van der Waals surface area contributed by atoms with E-state index in [-0.39, 0.29) is 17.5 Å². The molecule has 0 radical (unpaired) electrons. The van der Waals surface area contributed by atoms with E-state index in [0.29, 0.717) is 12.2 Å². The van der Waals surface area contributed by atoms with Crippen LogP contribution in [0.5, 0.6) is 0 Å². The number of hydrogen-bond acceptors (Lipinski definition) is 3. The topological polar surface area (TPSA) is 60.0 Å². The highest BCUT2D eigenvalue weighted by Gasteiger charge is 2.40. The lowest BCUT2D eigenvalue weighted by Crippen LogP contribution is -2.36. The molecule has 5 nitrogen and oxygen atoms in total. The average Bonchev–Trinajstić information content (AvgIpc) is 3.17. The average molecular weight is 319 g/mol. The van der Waals surface area contributed by atoms with Gasteiger partial charge in [0.05, 0.1) is 36.1 Å². The quantitative estimate of drug-likeness (QED) is 0.749. The van der Waals surface area contributed by atoms with Gasteiger partial charge in [-0.25, -0.2) is 4.98 Å². The van der Waals surface area contributed by atoms with Crippen LogP contribution in [-0.4, -0.2) is 19.2 Å². The van der Waals surface area contributed by atoms with Crippen LogP contribution >= 0.6 is 0 Å². The molecule has 5 heteroatoms. The fourth-order valence-corrected chi connectivity index (χ4v) is 4.33. The molecule has 3 atom stereocenters. The molecule has 0 saturated heterocycles. The third kappa shape index (κ3) is 1.73. The second kappa shape index (κ2) is 4.92. The molecule has 24 heavy (non-hydrogen) atoms. The Morgan fingerprint density at radius 2 is 2.00 bits per heavy atom. The molecule has 0 unspecified atom stereocenters. The Hall–Kier alpha value is -2.66. The minimum atomic E-state index is -0.668. The Morgan fingerprint density at radius 3 is 2.92 bits per heavy atom. The molecule has 4 heterocycles. The lowest BCUT2D eigenvalue weighted by molar-refractivity contribution is 0.0536. The third-order valence-electron chi connectivity index (χ3n) is 5.40. The molecule has 0 amide bonds. The summed E-state index contributed by atoms with van der Waals surface area (Å²) in [6.07, 6.45) is 3.82. The zero-order valence-electron chi connectivity index (χ0n) is 13.0. The van der Waals surface area contributed by atoms with Gasteiger partial charge in [0.2, 0.25) is 0 Å². The van der Waals surface area contributed by atoms with Gasteiger partial charge in [0, 0.05) is 24.1 Å². The van der Waals surface area contributed by atoms with Crippen molar-refractivity contribution in [2.75, 3.05) is 0 Å². The van der Waals surface area contributed by atoms with Gasteiger partial charge in [-0.2, -0.15) is 0 Å². The van der Waals surface area contributed by atoms with Gasteiger partial charge in [-0.3, -0.25) is 4.79 Å². The van der Waals surface area contributed by atoms with Crippen molar-refractivity contribution in [1.29, 1.82) is 0 Å². The maximum absolute atomic E-state index is 12.0. The molecule has 1 N–H and O–H groups in total. The summed E-state index contributed by atoms with van der Waals surface area (Å²) >= 11 is 0. The van der Waals surface area contributed by atoms with Gasteiger partial charge in [0.25, 0.3) is 5.56 Å². The summed E-state index contributed by atoms with van der Waals surface area (Å²) in [6.45, 7) is 0.638. The van der Waals surface area contributed by atoms with Crippen LogP contribution in [0.15, 0.2) is 59.8 Å². The molecule has 2 aliphatic rings. The number of aromatic nitrogens is 3. The maximum Gasteiger partial charge on any atom is 0.250 e. The highest BCUT2D eigenvalue weighted by atomic mass is 16.3. The molecule has 5 rings (SSSR count). The van der Waals surface area contributed by atoms with Crippen molar-refractivity contribution in [3.05, 3.63) is 76.6 Å². The smallest absolute Gasteiger partial charge is 0.250 e. The summed E-state index contributed by atoms with van der Waals surface area (Å²) < 4.78 is 3.85. The first-order chi connectivity index (χ1) is 11.8. The predicted molar refractivity (Wildman–Crippen MR) is 89.6 cm³/mol. The van der Waals surface area contributed by atoms with E-state index in [0.717, 1.165) is 12.1 Å². The molecule has 0 fully saturated rings. The van der Waals surface area contributed by atoms with E-state index in [4.69, 9.17) is 0 Å². The molecule has 120 valence electrons. The Bertz CT molecular complexity index is 988. The molecule has 2 aromatic heterocycles. The number of imidazole rings is 1. The van der Waals surface area contributed by atoms with E-state index < -0.39 is 6.10 Å². The minimum Gasteiger partial charge on any atom is -0.386 e. The molecular weight excluding hydrogens is 302 g/mol. The van der Waals surface area contributed by atoms with Crippen molar-refractivity contribution in [2.24, 2.45) is 5.92 Å². The zero-order chi connectivity index (χ0) is 16.3. The summed E-state index contributed by atoms with van der Waals surface area (Å²) in [4.78, 5) is 16.3. The molecular formula is C19H17N3O2. The van der Waals surface area contributed by atoms with Gasteiger partial charge >= 0.3 is 0 Å². The maximum atomic E-state index is 12.0. The van der Waals surface area contributed by atoms with Crippen LogP contribution in [-0.2, 0) is 6.54 Å².